The highest BCUT2D eigenvalue weighted by molar-refractivity contribution is 9.10. The summed E-state index contributed by atoms with van der Waals surface area (Å²) < 4.78 is 11.9. The fraction of sp³-hybridized carbons (Fsp3) is 0.0909. The smallest absolute Gasteiger partial charge is 0.310 e. The lowest BCUT2D eigenvalue weighted by molar-refractivity contribution is -0.385. The molecule has 0 atom stereocenters. The molecule has 0 aromatic heterocycles. The zero-order chi connectivity index (χ0) is 22.1. The van der Waals surface area contributed by atoms with Gasteiger partial charge in [0.05, 0.1) is 11.1 Å². The van der Waals surface area contributed by atoms with Crippen LogP contribution in [0.3, 0.4) is 0 Å². The number of amides is 1. The number of carbonyl (C=O) groups is 1. The van der Waals surface area contributed by atoms with Gasteiger partial charge in [0.2, 0.25) is 0 Å². The standard InChI is InChI=1S/C22H18BrN3O5/c23-18-10-11-20(30-14-16-6-2-1-3-7-16)17(12-18)13-24-25-22(27)15-31-21-9-5-4-8-19(21)26(28)29/h1-13H,14-15H2,(H,25,27). The Hall–Kier alpha value is -3.72. The molecule has 0 aliphatic carbocycles. The molecule has 0 fully saturated rings. The molecule has 0 spiro atoms. The number of carbonyl (C=O) groups excluding carboxylic acids is 1. The van der Waals surface area contributed by atoms with Gasteiger partial charge in [0, 0.05) is 16.1 Å². The van der Waals surface area contributed by atoms with Gasteiger partial charge in [-0.15, -0.1) is 0 Å². The van der Waals surface area contributed by atoms with Crippen molar-refractivity contribution in [2.24, 2.45) is 5.10 Å². The van der Waals surface area contributed by atoms with E-state index < -0.39 is 17.4 Å². The van der Waals surface area contributed by atoms with E-state index in [-0.39, 0.29) is 11.4 Å². The van der Waals surface area contributed by atoms with Crippen molar-refractivity contribution in [1.29, 1.82) is 0 Å². The summed E-state index contributed by atoms with van der Waals surface area (Å²) in [5.74, 6) is 0.0487. The molecule has 0 heterocycles. The molecule has 0 radical (unpaired) electrons. The number of ether oxygens (including phenoxy) is 2. The van der Waals surface area contributed by atoms with Crippen LogP contribution >= 0.6 is 15.9 Å². The SMILES string of the molecule is O=C(COc1ccccc1[N+](=O)[O-])NN=Cc1cc(Br)ccc1OCc1ccccc1. The molecule has 0 saturated heterocycles. The van der Waals surface area contributed by atoms with E-state index in [9.17, 15) is 14.9 Å². The number of hydrazone groups is 1. The van der Waals surface area contributed by atoms with Crippen molar-refractivity contribution < 1.29 is 19.2 Å². The molecular weight excluding hydrogens is 466 g/mol. The number of hydrogen-bond acceptors (Lipinski definition) is 6. The first-order valence-electron chi connectivity index (χ1n) is 9.17. The third-order valence-corrected chi connectivity index (χ3v) is 4.52. The molecule has 0 bridgehead atoms. The Labute approximate surface area is 186 Å². The Bertz CT molecular complexity index is 1090. The van der Waals surface area contributed by atoms with Gasteiger partial charge in [-0.1, -0.05) is 58.4 Å². The van der Waals surface area contributed by atoms with Crippen molar-refractivity contribution in [3.63, 3.8) is 0 Å². The first kappa shape index (κ1) is 22.0. The monoisotopic (exact) mass is 483 g/mol. The van der Waals surface area contributed by atoms with E-state index in [1.165, 1.54) is 24.4 Å². The van der Waals surface area contributed by atoms with E-state index in [4.69, 9.17) is 9.47 Å². The summed E-state index contributed by atoms with van der Waals surface area (Å²) in [4.78, 5) is 22.4. The van der Waals surface area contributed by atoms with Gasteiger partial charge >= 0.3 is 5.69 Å². The van der Waals surface area contributed by atoms with Crippen LogP contribution in [0, 0.1) is 10.1 Å². The van der Waals surface area contributed by atoms with Gasteiger partial charge in [0.15, 0.2) is 12.4 Å². The maximum absolute atomic E-state index is 12.0. The molecule has 3 aromatic rings. The van der Waals surface area contributed by atoms with Gasteiger partial charge in [-0.3, -0.25) is 14.9 Å². The molecule has 158 valence electrons. The highest BCUT2D eigenvalue weighted by Gasteiger charge is 2.14. The van der Waals surface area contributed by atoms with Gasteiger partial charge in [0.1, 0.15) is 12.4 Å². The van der Waals surface area contributed by atoms with E-state index in [1.807, 2.05) is 36.4 Å². The third-order valence-electron chi connectivity index (χ3n) is 4.02. The number of nitrogens with zero attached hydrogens (tertiary/aromatic N) is 2. The van der Waals surface area contributed by atoms with Gasteiger partial charge in [-0.2, -0.15) is 5.10 Å². The molecule has 3 rings (SSSR count). The topological polar surface area (TPSA) is 103 Å². The van der Waals surface area contributed by atoms with Crippen LogP contribution in [0.2, 0.25) is 0 Å². The van der Waals surface area contributed by atoms with Crippen molar-refractivity contribution >= 4 is 33.7 Å². The Morgan fingerprint density at radius 2 is 1.77 bits per heavy atom. The Kier molecular flexibility index (Phi) is 7.72. The minimum Gasteiger partial charge on any atom is -0.488 e. The summed E-state index contributed by atoms with van der Waals surface area (Å²) in [5, 5.41) is 14.9. The third kappa shape index (κ3) is 6.65. The summed E-state index contributed by atoms with van der Waals surface area (Å²) in [6.07, 6.45) is 1.45. The number of para-hydroxylation sites is 2. The van der Waals surface area contributed by atoms with Crippen molar-refractivity contribution in [1.82, 2.24) is 5.43 Å². The van der Waals surface area contributed by atoms with Crippen LogP contribution in [-0.2, 0) is 11.4 Å². The average molecular weight is 484 g/mol. The predicted octanol–water partition coefficient (Wildman–Crippen LogP) is 4.47. The summed E-state index contributed by atoms with van der Waals surface area (Å²) in [5.41, 5.74) is 3.80. The van der Waals surface area contributed by atoms with Crippen LogP contribution < -0.4 is 14.9 Å². The highest BCUT2D eigenvalue weighted by atomic mass is 79.9. The fourth-order valence-corrected chi connectivity index (χ4v) is 2.95. The van der Waals surface area contributed by atoms with Gasteiger partial charge < -0.3 is 9.47 Å². The second-order valence-electron chi connectivity index (χ2n) is 6.26. The Balaban J connectivity index is 1.58. The van der Waals surface area contributed by atoms with E-state index >= 15 is 0 Å². The number of nitrogens with one attached hydrogen (secondary N) is 1. The van der Waals surface area contributed by atoms with Crippen molar-refractivity contribution in [2.75, 3.05) is 6.61 Å². The Morgan fingerprint density at radius 1 is 1.03 bits per heavy atom. The first-order valence-corrected chi connectivity index (χ1v) is 9.96. The zero-order valence-corrected chi connectivity index (χ0v) is 17.8. The predicted molar refractivity (Wildman–Crippen MR) is 119 cm³/mol. The highest BCUT2D eigenvalue weighted by Crippen LogP contribution is 2.25. The lowest BCUT2D eigenvalue weighted by Gasteiger charge is -2.10. The number of nitro groups is 1. The maximum atomic E-state index is 12.0. The molecular formula is C22H18BrN3O5. The lowest BCUT2D eigenvalue weighted by Crippen LogP contribution is -2.24. The largest absolute Gasteiger partial charge is 0.488 e. The van der Waals surface area contributed by atoms with Crippen LogP contribution in [0.25, 0.3) is 0 Å². The van der Waals surface area contributed by atoms with Gasteiger partial charge in [0.25, 0.3) is 5.91 Å². The van der Waals surface area contributed by atoms with Crippen LogP contribution in [0.1, 0.15) is 11.1 Å². The van der Waals surface area contributed by atoms with Crippen LogP contribution in [0.5, 0.6) is 11.5 Å². The van der Waals surface area contributed by atoms with Crippen molar-refractivity contribution in [3.05, 3.63) is 98.5 Å². The second-order valence-corrected chi connectivity index (χ2v) is 7.18. The normalized spacial score (nSPS) is 10.6. The average Bonchev–Trinajstić information content (AvgIpc) is 2.78. The zero-order valence-electron chi connectivity index (χ0n) is 16.2. The van der Waals surface area contributed by atoms with E-state index in [0.717, 1.165) is 10.0 Å². The Morgan fingerprint density at radius 3 is 2.55 bits per heavy atom. The summed E-state index contributed by atoms with van der Waals surface area (Å²) >= 11 is 3.40. The second kappa shape index (κ2) is 10.9. The molecule has 3 aromatic carbocycles. The van der Waals surface area contributed by atoms with Crippen LogP contribution in [-0.4, -0.2) is 23.7 Å². The number of hydrogen-bond donors (Lipinski definition) is 1. The molecule has 0 aliphatic heterocycles. The molecule has 1 N–H and O–H groups in total. The quantitative estimate of drug-likeness (QED) is 0.274. The summed E-state index contributed by atoms with van der Waals surface area (Å²) in [6.45, 7) is -0.0303. The molecule has 0 unspecified atom stereocenters. The molecule has 0 aliphatic rings. The number of benzene rings is 3. The number of rotatable bonds is 9. The minimum atomic E-state index is -0.574. The maximum Gasteiger partial charge on any atom is 0.310 e. The first-order chi connectivity index (χ1) is 15.0. The van der Waals surface area contributed by atoms with Gasteiger partial charge in [-0.05, 0) is 29.8 Å². The number of nitro benzene ring substituents is 1. The summed E-state index contributed by atoms with van der Waals surface area (Å²) in [6, 6.07) is 21.0. The number of halogens is 1. The van der Waals surface area contributed by atoms with Crippen LogP contribution in [0.15, 0.2) is 82.4 Å². The molecule has 8 nitrogen and oxygen atoms in total. The van der Waals surface area contributed by atoms with E-state index in [1.54, 1.807) is 18.2 Å². The molecule has 0 saturated carbocycles. The molecule has 31 heavy (non-hydrogen) atoms. The van der Waals surface area contributed by atoms with Crippen molar-refractivity contribution in [2.45, 2.75) is 6.61 Å². The van der Waals surface area contributed by atoms with Crippen LogP contribution in [0.4, 0.5) is 5.69 Å². The van der Waals surface area contributed by atoms with Crippen molar-refractivity contribution in [3.8, 4) is 11.5 Å². The van der Waals surface area contributed by atoms with Gasteiger partial charge in [-0.25, -0.2) is 5.43 Å². The molecule has 1 amide bonds. The van der Waals surface area contributed by atoms with E-state index in [2.05, 4.69) is 26.5 Å². The summed E-state index contributed by atoms with van der Waals surface area (Å²) in [7, 11) is 0. The lowest BCUT2D eigenvalue weighted by atomic mass is 10.2. The minimum absolute atomic E-state index is 0.00946. The fourth-order valence-electron chi connectivity index (χ4n) is 2.57. The van der Waals surface area contributed by atoms with E-state index in [0.29, 0.717) is 17.9 Å². The molecule has 9 heteroatoms.